The maximum absolute atomic E-state index is 14.9. The van der Waals surface area contributed by atoms with Gasteiger partial charge in [-0.2, -0.15) is 0 Å². The predicted octanol–water partition coefficient (Wildman–Crippen LogP) is 0.705. The number of aliphatic hydroxyl groups is 6. The minimum Gasteiger partial charge on any atom is -0.507 e. The number of carbonyl (C=O) groups excluding carboxylic acids is 3. The Morgan fingerprint density at radius 2 is 1.31 bits per heavy atom. The third-order valence-corrected chi connectivity index (χ3v) is 14.1. The van der Waals surface area contributed by atoms with Gasteiger partial charge in [0.15, 0.2) is 30.4 Å². The number of benzene rings is 2. The fraction of sp³-hybridized carbons (Fsp3) is 0.729. The maximum atomic E-state index is 14.9. The molecule has 0 amide bonds. The number of ketones is 2. The number of carbonyl (C=O) groups is 3. The summed E-state index contributed by atoms with van der Waals surface area (Å²) in [5.41, 5.74) is 0.102. The second-order valence-corrected chi connectivity index (χ2v) is 19.1. The lowest BCUT2D eigenvalue weighted by molar-refractivity contribution is -0.311. The van der Waals surface area contributed by atoms with Crippen molar-refractivity contribution in [2.45, 2.75) is 203 Å². The van der Waals surface area contributed by atoms with Gasteiger partial charge >= 0.3 is 5.97 Å². The average molecular weight is 997 g/mol. The first-order valence-corrected chi connectivity index (χ1v) is 23.7. The first-order chi connectivity index (χ1) is 33.0. The molecule has 1 aliphatic carbocycles. The van der Waals surface area contributed by atoms with Crippen LogP contribution in [0.5, 0.6) is 17.2 Å². The molecule has 2 aromatic rings. The number of rotatable bonds is 15. The number of ether oxygens (including phenoxy) is 11. The minimum atomic E-state index is -1.93. The van der Waals surface area contributed by atoms with Crippen LogP contribution in [0.25, 0.3) is 10.8 Å². The van der Waals surface area contributed by atoms with Crippen LogP contribution in [0.3, 0.4) is 0 Å². The van der Waals surface area contributed by atoms with Crippen LogP contribution in [0.4, 0.5) is 0 Å². The number of phenolic OH excluding ortho intramolecular Hbond substituents is 2. The van der Waals surface area contributed by atoms with E-state index in [-0.39, 0.29) is 65.3 Å². The Bertz CT molecular complexity index is 2160. The highest BCUT2D eigenvalue weighted by Gasteiger charge is 2.50. The van der Waals surface area contributed by atoms with Crippen molar-refractivity contribution in [2.75, 3.05) is 14.2 Å². The van der Waals surface area contributed by atoms with Gasteiger partial charge in [0, 0.05) is 58.3 Å². The topological polar surface area (TPSA) is 315 Å². The van der Waals surface area contributed by atoms with Gasteiger partial charge in [0.2, 0.25) is 6.29 Å². The molecule has 8 N–H and O–H groups in total. The van der Waals surface area contributed by atoms with Crippen molar-refractivity contribution in [1.29, 1.82) is 0 Å². The molecule has 4 heterocycles. The highest BCUT2D eigenvalue weighted by atomic mass is 16.7. The zero-order chi connectivity index (χ0) is 51.2. The molecule has 4 fully saturated rings. The number of methoxy groups -OCH3 is 2. The van der Waals surface area contributed by atoms with Crippen LogP contribution in [0.1, 0.15) is 88.7 Å². The summed E-state index contributed by atoms with van der Waals surface area (Å²) in [4.78, 5) is 41.0. The molecule has 22 heteroatoms. The van der Waals surface area contributed by atoms with Crippen molar-refractivity contribution < 1.29 is 107 Å². The number of hydrogen-bond acceptors (Lipinski definition) is 22. The van der Waals surface area contributed by atoms with E-state index in [1.807, 2.05) is 0 Å². The molecule has 2 aromatic carbocycles. The van der Waals surface area contributed by atoms with Gasteiger partial charge in [-0.1, -0.05) is 0 Å². The molecule has 0 saturated carbocycles. The number of aromatic hydroxyl groups is 2. The van der Waals surface area contributed by atoms with E-state index in [4.69, 9.17) is 52.1 Å². The zero-order valence-corrected chi connectivity index (χ0v) is 40.6. The van der Waals surface area contributed by atoms with Gasteiger partial charge in [-0.25, -0.2) is 0 Å². The SMILES string of the molecule is CO[C@@H]1[C@H](O)C[C@@H](O[C@H]2[C@@H](C)O[C@@H](Oc3cc4cc5c(c(O)c4c(O)c3C)C(=O)[C@@H](O[C@H]3C[C@@H](O[C@H]4C[C@@H](O)[C@H](O)[C@@H](C)O4)[C@H](O)[C@@H](C)O3)[C@H]([C@H](OC)C(=O)[C@@H](O)[C@@H](C)O)C5)C[C@H]2OC(C)=O)O[C@@H]1C. The molecule has 0 aromatic heterocycles. The lowest BCUT2D eigenvalue weighted by Crippen LogP contribution is -2.56. The normalized spacial score (nSPS) is 38.4. The van der Waals surface area contributed by atoms with E-state index in [1.54, 1.807) is 27.7 Å². The Hall–Kier alpha value is -3.69. The summed E-state index contributed by atoms with van der Waals surface area (Å²) in [6, 6.07) is 3.05. The summed E-state index contributed by atoms with van der Waals surface area (Å²) in [6.45, 7) is 10.5. The van der Waals surface area contributed by atoms with E-state index in [0.717, 1.165) is 0 Å². The summed E-state index contributed by atoms with van der Waals surface area (Å²) < 4.78 is 65.6. The molecule has 0 radical (unpaired) electrons. The fourth-order valence-electron chi connectivity index (χ4n) is 10.3. The van der Waals surface area contributed by atoms with Crippen molar-refractivity contribution in [3.8, 4) is 17.2 Å². The summed E-state index contributed by atoms with van der Waals surface area (Å²) in [6.07, 6.45) is -22.1. The van der Waals surface area contributed by atoms with Crippen molar-refractivity contribution in [3.63, 3.8) is 0 Å². The largest absolute Gasteiger partial charge is 0.507 e. The molecule has 4 saturated heterocycles. The predicted molar refractivity (Wildman–Crippen MR) is 238 cm³/mol. The molecule has 7 rings (SSSR count). The van der Waals surface area contributed by atoms with Crippen LogP contribution in [0, 0.1) is 12.8 Å². The van der Waals surface area contributed by atoms with Crippen molar-refractivity contribution in [2.24, 2.45) is 5.92 Å². The van der Waals surface area contributed by atoms with E-state index in [2.05, 4.69) is 0 Å². The number of fused-ring (bicyclic) bond motifs is 2. The van der Waals surface area contributed by atoms with Crippen LogP contribution < -0.4 is 4.74 Å². The number of hydrogen-bond donors (Lipinski definition) is 8. The van der Waals surface area contributed by atoms with Crippen LogP contribution in [-0.2, 0) is 63.4 Å². The molecule has 21 atom stereocenters. The summed E-state index contributed by atoms with van der Waals surface area (Å²) in [5, 5.41) is 87.1. The number of esters is 1. The Morgan fingerprint density at radius 3 is 1.93 bits per heavy atom. The fourth-order valence-corrected chi connectivity index (χ4v) is 10.3. The molecule has 0 spiro atoms. The van der Waals surface area contributed by atoms with Gasteiger partial charge in [0.05, 0.1) is 59.8 Å². The van der Waals surface area contributed by atoms with E-state index in [0.29, 0.717) is 0 Å². The highest BCUT2D eigenvalue weighted by molar-refractivity contribution is 6.11. The van der Waals surface area contributed by atoms with Gasteiger partial charge in [-0.3, -0.25) is 14.4 Å². The summed E-state index contributed by atoms with van der Waals surface area (Å²) >= 11 is 0. The molecule has 0 unspecified atom stereocenters. The quantitative estimate of drug-likeness (QED) is 0.114. The van der Waals surface area contributed by atoms with Crippen LogP contribution in [0.15, 0.2) is 12.1 Å². The van der Waals surface area contributed by atoms with Gasteiger partial charge < -0.3 is 93.0 Å². The van der Waals surface area contributed by atoms with Crippen LogP contribution in [-0.4, -0.2) is 195 Å². The number of phenols is 2. The monoisotopic (exact) mass is 996 g/mol. The second kappa shape index (κ2) is 22.2. The van der Waals surface area contributed by atoms with E-state index < -0.39 is 158 Å². The van der Waals surface area contributed by atoms with E-state index in [9.17, 15) is 55.2 Å². The van der Waals surface area contributed by atoms with Gasteiger partial charge in [-0.05, 0) is 71.0 Å². The standard InChI is InChI=1S/C48H68O22/c1-17-29(67-34-16-31(66-23(7)50)46(22(6)65-34)69-33-14-28(52)45(60-8)21(5)64-33)12-25-10-24-11-26(47(61-9)44(59)39(54)18(2)49)48(43(58)37(24)42(57)36(25)38(17)53)70-35-15-30(41(56)20(4)63-35)68-32-13-27(51)40(55)19(3)62-32/h10,12,18-22,26-28,30-35,39-41,45-49,51-57H,11,13-16H2,1-9H3/t18-,19-,20-,21-,22-,26+,27-,28-,30-,31-,32+,33-,34+,35+,39+,40-,41-,45+,46+,47+,48+/m1/s1. The molecule has 5 aliphatic rings. The molecule has 0 bridgehead atoms. The van der Waals surface area contributed by atoms with E-state index in [1.165, 1.54) is 47.1 Å². The summed E-state index contributed by atoms with van der Waals surface area (Å²) in [5.74, 6) is -4.57. The Kier molecular flexibility index (Phi) is 17.2. The molecule has 4 aliphatic heterocycles. The van der Waals surface area contributed by atoms with Crippen molar-refractivity contribution in [3.05, 3.63) is 28.8 Å². The van der Waals surface area contributed by atoms with Crippen LogP contribution in [0.2, 0.25) is 0 Å². The molecular formula is C48H68O22. The lowest BCUT2D eigenvalue weighted by Gasteiger charge is -2.44. The molecule has 392 valence electrons. The first kappa shape index (κ1) is 54.1. The Balaban J connectivity index is 1.17. The van der Waals surface area contributed by atoms with Crippen molar-refractivity contribution >= 4 is 28.3 Å². The summed E-state index contributed by atoms with van der Waals surface area (Å²) in [7, 11) is 2.66. The Morgan fingerprint density at radius 1 is 0.729 bits per heavy atom. The zero-order valence-electron chi connectivity index (χ0n) is 40.6. The smallest absolute Gasteiger partial charge is 0.303 e. The number of Topliss-reactive ketones (excluding diaryl/α,β-unsaturated/α-hetero) is 2. The van der Waals surface area contributed by atoms with Gasteiger partial charge in [-0.15, -0.1) is 0 Å². The third-order valence-electron chi connectivity index (χ3n) is 14.1. The lowest BCUT2D eigenvalue weighted by atomic mass is 9.75. The Labute approximate surface area is 404 Å². The van der Waals surface area contributed by atoms with Crippen LogP contribution >= 0.6 is 0 Å². The molecule has 22 nitrogen and oxygen atoms in total. The van der Waals surface area contributed by atoms with Gasteiger partial charge in [0.25, 0.3) is 0 Å². The minimum absolute atomic E-state index is 0.0355. The number of aliphatic hydroxyl groups excluding tert-OH is 6. The first-order valence-electron chi connectivity index (χ1n) is 23.7. The van der Waals surface area contributed by atoms with Gasteiger partial charge in [0.1, 0.15) is 66.1 Å². The highest BCUT2D eigenvalue weighted by Crippen LogP contribution is 2.47. The molecular weight excluding hydrogens is 929 g/mol. The van der Waals surface area contributed by atoms with Crippen molar-refractivity contribution in [1.82, 2.24) is 0 Å². The average Bonchev–Trinajstić information content (AvgIpc) is 3.28. The van der Waals surface area contributed by atoms with E-state index >= 15 is 0 Å². The second-order valence-electron chi connectivity index (χ2n) is 19.1. The maximum Gasteiger partial charge on any atom is 0.303 e. The third kappa shape index (κ3) is 11.1. The molecule has 70 heavy (non-hydrogen) atoms.